The summed E-state index contributed by atoms with van der Waals surface area (Å²) in [6, 6.07) is 0. The summed E-state index contributed by atoms with van der Waals surface area (Å²) in [7, 11) is 0. The van der Waals surface area contributed by atoms with Gasteiger partial charge in [-0.3, -0.25) is 9.59 Å². The number of hydrogen-bond acceptors (Lipinski definition) is 4. The second kappa shape index (κ2) is 9.47. The van der Waals surface area contributed by atoms with Crippen LogP contribution in [0.1, 0.15) is 19.8 Å². The lowest BCUT2D eigenvalue weighted by molar-refractivity contribution is -0.123. The van der Waals surface area contributed by atoms with E-state index >= 15 is 0 Å². The van der Waals surface area contributed by atoms with E-state index < -0.39 is 6.10 Å². The molecular weight excluding hydrogens is 228 g/mol. The van der Waals surface area contributed by atoms with Crippen molar-refractivity contribution in [3.63, 3.8) is 0 Å². The van der Waals surface area contributed by atoms with Crippen LogP contribution in [-0.4, -0.2) is 48.1 Å². The average Bonchev–Trinajstić information content (AvgIpc) is 2.20. The Morgan fingerprint density at radius 3 is 2.31 bits per heavy atom. The summed E-state index contributed by atoms with van der Waals surface area (Å²) in [5.41, 5.74) is 0. The molecule has 0 aliphatic rings. The van der Waals surface area contributed by atoms with Crippen LogP contribution in [0.25, 0.3) is 0 Å². The number of hydrogen-bond donors (Lipinski definition) is 3. The Balaban J connectivity index is 3.38. The van der Waals surface area contributed by atoms with Crippen LogP contribution in [0.3, 0.4) is 0 Å². The maximum absolute atomic E-state index is 11.1. The number of aliphatic hydroxyl groups is 1. The molecule has 0 aromatic heterocycles. The molecule has 0 rings (SSSR count). The normalized spacial score (nSPS) is 11.9. The molecule has 0 spiro atoms. The van der Waals surface area contributed by atoms with Gasteiger partial charge >= 0.3 is 0 Å². The van der Waals surface area contributed by atoms with Gasteiger partial charge in [-0.15, -0.1) is 0 Å². The second-order valence-electron chi connectivity index (χ2n) is 3.50. The van der Waals surface area contributed by atoms with Gasteiger partial charge in [-0.1, -0.05) is 0 Å². The molecule has 6 heteroatoms. The van der Waals surface area contributed by atoms with Gasteiger partial charge in [0.15, 0.2) is 0 Å². The van der Waals surface area contributed by atoms with Crippen LogP contribution < -0.4 is 10.6 Å². The zero-order valence-corrected chi connectivity index (χ0v) is 10.6. The number of carbonyl (C=O) groups is 2. The minimum atomic E-state index is -0.629. The third kappa shape index (κ3) is 9.79. The van der Waals surface area contributed by atoms with Gasteiger partial charge in [-0.05, 0) is 13.2 Å². The lowest BCUT2D eigenvalue weighted by Gasteiger charge is -2.07. The van der Waals surface area contributed by atoms with E-state index in [0.29, 0.717) is 19.5 Å². The molecule has 2 amide bonds. The highest BCUT2D eigenvalue weighted by Crippen LogP contribution is 1.94. The van der Waals surface area contributed by atoms with Crippen molar-refractivity contribution in [1.82, 2.24) is 10.6 Å². The first-order chi connectivity index (χ1) is 7.56. The van der Waals surface area contributed by atoms with Crippen LogP contribution in [0.2, 0.25) is 0 Å². The number of rotatable bonds is 8. The first-order valence-electron chi connectivity index (χ1n) is 5.26. The van der Waals surface area contributed by atoms with Crippen LogP contribution in [-0.2, 0) is 9.59 Å². The van der Waals surface area contributed by atoms with Crippen LogP contribution in [0.4, 0.5) is 0 Å². The molecular formula is C10H20N2O3S. The smallest absolute Gasteiger partial charge is 0.222 e. The van der Waals surface area contributed by atoms with Crippen LogP contribution >= 0.6 is 11.8 Å². The summed E-state index contributed by atoms with van der Waals surface area (Å²) in [5, 5.41) is 14.2. The van der Waals surface area contributed by atoms with Crippen molar-refractivity contribution >= 4 is 23.6 Å². The van der Waals surface area contributed by atoms with Crippen molar-refractivity contribution in [2.75, 3.05) is 25.1 Å². The zero-order chi connectivity index (χ0) is 12.4. The standard InChI is InChI=1S/C10H20N2O3S/c1-8(13)7-10(15)12-5-4-11-9(14)3-6-16-2/h8,13H,3-7H2,1-2H3,(H,11,14)(H,12,15)/t8-/m1/s1. The van der Waals surface area contributed by atoms with Gasteiger partial charge in [0, 0.05) is 25.3 Å². The highest BCUT2D eigenvalue weighted by atomic mass is 32.2. The fourth-order valence-electron chi connectivity index (χ4n) is 1.03. The van der Waals surface area contributed by atoms with Gasteiger partial charge in [-0.2, -0.15) is 11.8 Å². The monoisotopic (exact) mass is 248 g/mol. The molecule has 0 unspecified atom stereocenters. The zero-order valence-electron chi connectivity index (χ0n) is 9.78. The molecule has 0 bridgehead atoms. The Morgan fingerprint density at radius 2 is 1.81 bits per heavy atom. The topological polar surface area (TPSA) is 78.4 Å². The molecule has 5 nitrogen and oxygen atoms in total. The van der Waals surface area contributed by atoms with Gasteiger partial charge in [0.05, 0.1) is 12.5 Å². The minimum absolute atomic E-state index is 0.000810. The SMILES string of the molecule is CSCCC(=O)NCCNC(=O)C[C@@H](C)O. The summed E-state index contributed by atoms with van der Waals surface area (Å²) in [4.78, 5) is 22.2. The van der Waals surface area contributed by atoms with Crippen molar-refractivity contribution in [1.29, 1.82) is 0 Å². The first-order valence-corrected chi connectivity index (χ1v) is 6.66. The summed E-state index contributed by atoms with van der Waals surface area (Å²) >= 11 is 1.62. The number of nitrogens with one attached hydrogen (secondary N) is 2. The van der Waals surface area contributed by atoms with Crippen LogP contribution in [0.15, 0.2) is 0 Å². The molecule has 0 radical (unpaired) electrons. The van der Waals surface area contributed by atoms with Crippen molar-refractivity contribution in [3.8, 4) is 0 Å². The van der Waals surface area contributed by atoms with E-state index in [-0.39, 0.29) is 18.2 Å². The van der Waals surface area contributed by atoms with Gasteiger partial charge in [0.2, 0.25) is 11.8 Å². The molecule has 0 fully saturated rings. The predicted molar refractivity (Wildman–Crippen MR) is 65.3 cm³/mol. The number of thioether (sulfide) groups is 1. The summed E-state index contributed by atoms with van der Waals surface area (Å²) in [6.45, 7) is 2.39. The van der Waals surface area contributed by atoms with Crippen molar-refractivity contribution in [2.45, 2.75) is 25.9 Å². The fourth-order valence-corrected chi connectivity index (χ4v) is 1.42. The predicted octanol–water partition coefficient (Wildman–Crippen LogP) is -0.257. The quantitative estimate of drug-likeness (QED) is 0.517. The van der Waals surface area contributed by atoms with E-state index in [9.17, 15) is 9.59 Å². The molecule has 0 saturated carbocycles. The Kier molecular flexibility index (Phi) is 9.03. The van der Waals surface area contributed by atoms with E-state index in [4.69, 9.17) is 5.11 Å². The average molecular weight is 248 g/mol. The van der Waals surface area contributed by atoms with E-state index in [0.717, 1.165) is 5.75 Å². The maximum atomic E-state index is 11.1. The Hall–Kier alpha value is -0.750. The molecule has 0 aromatic carbocycles. The number of aliphatic hydroxyl groups excluding tert-OH is 1. The second-order valence-corrected chi connectivity index (χ2v) is 4.48. The van der Waals surface area contributed by atoms with Crippen molar-refractivity contribution in [3.05, 3.63) is 0 Å². The fraction of sp³-hybridized carbons (Fsp3) is 0.800. The van der Waals surface area contributed by atoms with Crippen LogP contribution in [0, 0.1) is 0 Å². The van der Waals surface area contributed by atoms with Gasteiger partial charge in [-0.25, -0.2) is 0 Å². The van der Waals surface area contributed by atoms with E-state index in [2.05, 4.69) is 10.6 Å². The largest absolute Gasteiger partial charge is 0.393 e. The van der Waals surface area contributed by atoms with Crippen molar-refractivity contribution in [2.24, 2.45) is 0 Å². The van der Waals surface area contributed by atoms with Gasteiger partial charge < -0.3 is 15.7 Å². The molecule has 0 saturated heterocycles. The highest BCUT2D eigenvalue weighted by molar-refractivity contribution is 7.98. The molecule has 0 aliphatic carbocycles. The van der Waals surface area contributed by atoms with Gasteiger partial charge in [0.1, 0.15) is 0 Å². The molecule has 1 atom stereocenters. The van der Waals surface area contributed by atoms with E-state index in [1.54, 1.807) is 18.7 Å². The third-order valence-electron chi connectivity index (χ3n) is 1.78. The van der Waals surface area contributed by atoms with E-state index in [1.807, 2.05) is 6.26 Å². The summed E-state index contributed by atoms with van der Waals surface area (Å²) < 4.78 is 0. The third-order valence-corrected chi connectivity index (χ3v) is 2.40. The highest BCUT2D eigenvalue weighted by Gasteiger charge is 2.05. The molecule has 0 heterocycles. The molecule has 0 aromatic rings. The van der Waals surface area contributed by atoms with Crippen LogP contribution in [0.5, 0.6) is 0 Å². The molecule has 16 heavy (non-hydrogen) atoms. The number of amides is 2. The minimum Gasteiger partial charge on any atom is -0.393 e. The first kappa shape index (κ1) is 15.2. The van der Waals surface area contributed by atoms with E-state index in [1.165, 1.54) is 0 Å². The summed E-state index contributed by atoms with van der Waals surface area (Å²) in [6.07, 6.45) is 1.92. The Labute approximate surface area is 100 Å². The Morgan fingerprint density at radius 1 is 1.25 bits per heavy atom. The Bertz CT molecular complexity index is 222. The van der Waals surface area contributed by atoms with Gasteiger partial charge in [0.25, 0.3) is 0 Å². The maximum Gasteiger partial charge on any atom is 0.222 e. The number of carbonyl (C=O) groups excluding carboxylic acids is 2. The van der Waals surface area contributed by atoms with Crippen molar-refractivity contribution < 1.29 is 14.7 Å². The molecule has 94 valence electrons. The lowest BCUT2D eigenvalue weighted by Crippen LogP contribution is -2.35. The lowest BCUT2D eigenvalue weighted by atomic mass is 10.3. The molecule has 3 N–H and O–H groups in total. The molecule has 0 aliphatic heterocycles. The summed E-state index contributed by atoms with van der Waals surface area (Å²) in [5.74, 6) is 0.604.